The Hall–Kier alpha value is -1.79. The quantitative estimate of drug-likeness (QED) is 0.634. The van der Waals surface area contributed by atoms with E-state index in [-0.39, 0.29) is 10.7 Å². The van der Waals surface area contributed by atoms with Gasteiger partial charge in [0.1, 0.15) is 0 Å². The smallest absolute Gasteiger partial charge is 0.302 e. The van der Waals surface area contributed by atoms with Gasteiger partial charge in [-0.25, -0.2) is 0 Å². The van der Waals surface area contributed by atoms with Crippen molar-refractivity contribution in [3.8, 4) is 5.88 Å². The topological polar surface area (TPSA) is 65.3 Å². The number of pyridine rings is 1. The highest BCUT2D eigenvalue weighted by Crippen LogP contribution is 2.34. The van der Waals surface area contributed by atoms with Gasteiger partial charge < -0.3 is 4.74 Å². The number of halogens is 1. The second kappa shape index (κ2) is 5.90. The van der Waals surface area contributed by atoms with E-state index >= 15 is 0 Å². The van der Waals surface area contributed by atoms with Crippen LogP contribution in [0.25, 0.3) is 0 Å². The molecule has 0 bridgehead atoms. The number of hydrogen-bond donors (Lipinski definition) is 0. The summed E-state index contributed by atoms with van der Waals surface area (Å²) < 4.78 is 4.98. The molecular weight excluding hydrogens is 288 g/mol. The van der Waals surface area contributed by atoms with E-state index in [0.29, 0.717) is 10.9 Å². The summed E-state index contributed by atoms with van der Waals surface area (Å²) in [5.41, 5.74) is -0.0549. The average Bonchev–Trinajstić information content (AvgIpc) is 2.41. The first-order valence-electron chi connectivity index (χ1n) is 5.23. The standard InChI is InChI=1S/C12H9ClN2O3S/c1-18-11-7-6-10(15(16)17)12(14-11)19-9-4-2-8(13)3-5-9/h2-7H,1H3. The Kier molecular flexibility index (Phi) is 4.24. The van der Waals surface area contributed by atoms with Crippen LogP contribution in [0, 0.1) is 10.1 Å². The van der Waals surface area contributed by atoms with E-state index in [9.17, 15) is 10.1 Å². The molecule has 0 unspecified atom stereocenters. The van der Waals surface area contributed by atoms with Crippen LogP contribution in [0.4, 0.5) is 5.69 Å². The van der Waals surface area contributed by atoms with E-state index in [1.165, 1.54) is 31.0 Å². The van der Waals surface area contributed by atoms with Crippen LogP contribution in [0.15, 0.2) is 46.3 Å². The van der Waals surface area contributed by atoms with Gasteiger partial charge in [0.15, 0.2) is 5.03 Å². The first kappa shape index (κ1) is 13.6. The van der Waals surface area contributed by atoms with Gasteiger partial charge >= 0.3 is 5.69 Å². The molecule has 0 amide bonds. The number of hydrogen-bond acceptors (Lipinski definition) is 5. The monoisotopic (exact) mass is 296 g/mol. The van der Waals surface area contributed by atoms with Crippen molar-refractivity contribution in [2.24, 2.45) is 0 Å². The summed E-state index contributed by atoms with van der Waals surface area (Å²) >= 11 is 6.98. The third-order valence-electron chi connectivity index (χ3n) is 2.25. The van der Waals surface area contributed by atoms with E-state index in [0.717, 1.165) is 4.90 Å². The molecule has 0 saturated heterocycles. The van der Waals surface area contributed by atoms with Crippen LogP contribution in [-0.4, -0.2) is 17.0 Å². The molecule has 0 spiro atoms. The van der Waals surface area contributed by atoms with Gasteiger partial charge in [-0.1, -0.05) is 23.4 Å². The lowest BCUT2D eigenvalue weighted by atomic mass is 10.4. The molecule has 19 heavy (non-hydrogen) atoms. The molecule has 0 saturated carbocycles. The molecule has 5 nitrogen and oxygen atoms in total. The van der Waals surface area contributed by atoms with Gasteiger partial charge in [0.2, 0.25) is 5.88 Å². The minimum absolute atomic E-state index is 0.0549. The normalized spacial score (nSPS) is 10.2. The summed E-state index contributed by atoms with van der Waals surface area (Å²) in [6.07, 6.45) is 0. The first-order valence-corrected chi connectivity index (χ1v) is 6.42. The zero-order chi connectivity index (χ0) is 13.8. The van der Waals surface area contributed by atoms with Crippen molar-refractivity contribution in [3.63, 3.8) is 0 Å². The fourth-order valence-electron chi connectivity index (χ4n) is 1.36. The molecule has 1 aromatic carbocycles. The third kappa shape index (κ3) is 3.36. The second-order valence-corrected chi connectivity index (χ2v) is 4.99. The molecule has 2 aromatic rings. The van der Waals surface area contributed by atoms with Crippen LogP contribution < -0.4 is 4.74 Å². The molecule has 1 aromatic heterocycles. The van der Waals surface area contributed by atoms with Crippen molar-refractivity contribution in [2.45, 2.75) is 9.92 Å². The molecule has 0 aliphatic carbocycles. The molecule has 98 valence electrons. The number of benzene rings is 1. The maximum Gasteiger partial charge on any atom is 0.302 e. The molecule has 0 aliphatic heterocycles. The Morgan fingerprint density at radius 2 is 1.95 bits per heavy atom. The predicted molar refractivity (Wildman–Crippen MR) is 73.0 cm³/mol. The minimum Gasteiger partial charge on any atom is -0.481 e. The third-order valence-corrected chi connectivity index (χ3v) is 3.50. The minimum atomic E-state index is -0.468. The number of ether oxygens (including phenoxy) is 1. The summed E-state index contributed by atoms with van der Waals surface area (Å²) in [6, 6.07) is 9.83. The van der Waals surface area contributed by atoms with Crippen molar-refractivity contribution in [2.75, 3.05) is 7.11 Å². The van der Waals surface area contributed by atoms with Crippen LogP contribution in [0.5, 0.6) is 5.88 Å². The lowest BCUT2D eigenvalue weighted by molar-refractivity contribution is -0.388. The highest BCUT2D eigenvalue weighted by molar-refractivity contribution is 7.99. The van der Waals surface area contributed by atoms with E-state index in [4.69, 9.17) is 16.3 Å². The van der Waals surface area contributed by atoms with Crippen molar-refractivity contribution in [3.05, 3.63) is 51.5 Å². The molecule has 0 N–H and O–H groups in total. The van der Waals surface area contributed by atoms with E-state index in [2.05, 4.69) is 4.98 Å². The molecule has 0 radical (unpaired) electrons. The summed E-state index contributed by atoms with van der Waals surface area (Å²) in [7, 11) is 1.46. The van der Waals surface area contributed by atoms with Crippen LogP contribution in [0.3, 0.4) is 0 Å². The van der Waals surface area contributed by atoms with Crippen molar-refractivity contribution >= 4 is 29.1 Å². The largest absolute Gasteiger partial charge is 0.481 e. The maximum absolute atomic E-state index is 11.0. The maximum atomic E-state index is 11.0. The van der Waals surface area contributed by atoms with Crippen molar-refractivity contribution in [1.29, 1.82) is 0 Å². The fourth-order valence-corrected chi connectivity index (χ4v) is 2.36. The Labute approximate surface area is 118 Å². The zero-order valence-corrected chi connectivity index (χ0v) is 11.4. The fraction of sp³-hybridized carbons (Fsp3) is 0.0833. The van der Waals surface area contributed by atoms with Gasteiger partial charge in [-0.3, -0.25) is 10.1 Å². The van der Waals surface area contributed by atoms with Crippen LogP contribution in [0.1, 0.15) is 0 Å². The van der Waals surface area contributed by atoms with Crippen molar-refractivity contribution in [1.82, 2.24) is 4.98 Å². The van der Waals surface area contributed by atoms with Crippen LogP contribution in [0.2, 0.25) is 5.02 Å². The van der Waals surface area contributed by atoms with Crippen LogP contribution >= 0.6 is 23.4 Å². The summed E-state index contributed by atoms with van der Waals surface area (Å²) in [4.78, 5) is 15.4. The SMILES string of the molecule is COc1ccc([N+](=O)[O-])c(Sc2ccc(Cl)cc2)n1. The first-order chi connectivity index (χ1) is 9.10. The number of rotatable bonds is 4. The highest BCUT2D eigenvalue weighted by Gasteiger charge is 2.17. The Balaban J connectivity index is 2.36. The van der Waals surface area contributed by atoms with Crippen LogP contribution in [-0.2, 0) is 0 Å². The second-order valence-electron chi connectivity index (χ2n) is 3.49. The number of aromatic nitrogens is 1. The molecule has 0 aliphatic rings. The van der Waals surface area contributed by atoms with E-state index < -0.39 is 4.92 Å². The highest BCUT2D eigenvalue weighted by atomic mass is 35.5. The van der Waals surface area contributed by atoms with Gasteiger partial charge in [0, 0.05) is 22.1 Å². The molecule has 2 rings (SSSR count). The molecular formula is C12H9ClN2O3S. The van der Waals surface area contributed by atoms with Gasteiger partial charge in [-0.05, 0) is 24.3 Å². The van der Waals surface area contributed by atoms with E-state index in [1.54, 1.807) is 24.3 Å². The van der Waals surface area contributed by atoms with Gasteiger partial charge in [-0.15, -0.1) is 0 Å². The number of nitro groups is 1. The van der Waals surface area contributed by atoms with Gasteiger partial charge in [-0.2, -0.15) is 4.98 Å². The van der Waals surface area contributed by atoms with E-state index in [1.807, 2.05) is 0 Å². The summed E-state index contributed by atoms with van der Waals surface area (Å²) in [5.74, 6) is 0.335. The molecule has 7 heteroatoms. The number of nitrogens with zero attached hydrogens (tertiary/aromatic N) is 2. The Bertz CT molecular complexity index is 604. The predicted octanol–water partition coefficient (Wildman–Crippen LogP) is 3.80. The van der Waals surface area contributed by atoms with Crippen molar-refractivity contribution < 1.29 is 9.66 Å². The average molecular weight is 297 g/mol. The molecule has 1 heterocycles. The summed E-state index contributed by atoms with van der Waals surface area (Å²) in [6.45, 7) is 0. The lowest BCUT2D eigenvalue weighted by Crippen LogP contribution is -1.95. The lowest BCUT2D eigenvalue weighted by Gasteiger charge is -2.04. The Morgan fingerprint density at radius 1 is 1.26 bits per heavy atom. The Morgan fingerprint density at radius 3 is 2.53 bits per heavy atom. The van der Waals surface area contributed by atoms with Gasteiger partial charge in [0.25, 0.3) is 0 Å². The van der Waals surface area contributed by atoms with Gasteiger partial charge in [0.05, 0.1) is 12.0 Å². The number of methoxy groups -OCH3 is 1. The summed E-state index contributed by atoms with van der Waals surface area (Å²) in [5, 5.41) is 11.8. The zero-order valence-electron chi connectivity index (χ0n) is 9.87. The molecule has 0 atom stereocenters. The molecule has 0 fully saturated rings.